The molecule has 1 saturated carbocycles. The molecule has 1 aliphatic carbocycles. The van der Waals surface area contributed by atoms with Gasteiger partial charge < -0.3 is 15.5 Å². The quantitative estimate of drug-likeness (QED) is 0.832. The smallest absolute Gasteiger partial charge is 0.240 e. The minimum absolute atomic E-state index is 0.0474. The van der Waals surface area contributed by atoms with Gasteiger partial charge in [0.15, 0.2) is 0 Å². The Bertz CT molecular complexity index is 430. The summed E-state index contributed by atoms with van der Waals surface area (Å²) in [5, 5.41) is 2.91. The topological polar surface area (TPSA) is 68.3 Å². The second kappa shape index (κ2) is 3.88. The lowest BCUT2D eigenvalue weighted by Crippen LogP contribution is -2.46. The molecule has 1 aromatic heterocycles. The van der Waals surface area contributed by atoms with Gasteiger partial charge in [-0.1, -0.05) is 13.8 Å². The molecule has 0 radical (unpaired) electrons. The van der Waals surface area contributed by atoms with Crippen LogP contribution in [0.25, 0.3) is 0 Å². The summed E-state index contributed by atoms with van der Waals surface area (Å²) in [5.41, 5.74) is 5.01. The monoisotopic (exact) mass is 236 g/mol. The van der Waals surface area contributed by atoms with E-state index in [9.17, 15) is 4.79 Å². The SMILES string of the molecule is Cc1ccc(C(C)(C)CNC(=O)C2(N)CC2)o1. The van der Waals surface area contributed by atoms with E-state index >= 15 is 0 Å². The molecule has 0 unspecified atom stereocenters. The van der Waals surface area contributed by atoms with Crippen molar-refractivity contribution in [2.24, 2.45) is 5.73 Å². The van der Waals surface area contributed by atoms with Crippen molar-refractivity contribution < 1.29 is 9.21 Å². The summed E-state index contributed by atoms with van der Waals surface area (Å²) in [6, 6.07) is 3.89. The molecule has 94 valence electrons. The third-order valence-electron chi connectivity index (χ3n) is 3.34. The average molecular weight is 236 g/mol. The highest BCUT2D eigenvalue weighted by atomic mass is 16.3. The maximum Gasteiger partial charge on any atom is 0.240 e. The van der Waals surface area contributed by atoms with Crippen LogP contribution < -0.4 is 11.1 Å². The normalized spacial score (nSPS) is 17.9. The third kappa shape index (κ3) is 2.52. The van der Waals surface area contributed by atoms with Crippen LogP contribution in [0.5, 0.6) is 0 Å². The minimum Gasteiger partial charge on any atom is -0.466 e. The molecular formula is C13H20N2O2. The summed E-state index contributed by atoms with van der Waals surface area (Å²) < 4.78 is 5.60. The first-order chi connectivity index (χ1) is 7.83. The van der Waals surface area contributed by atoms with Crippen molar-refractivity contribution in [2.45, 2.75) is 44.6 Å². The van der Waals surface area contributed by atoms with Gasteiger partial charge in [-0.15, -0.1) is 0 Å². The van der Waals surface area contributed by atoms with Crippen LogP contribution in [0.1, 0.15) is 38.2 Å². The van der Waals surface area contributed by atoms with Crippen molar-refractivity contribution in [3.05, 3.63) is 23.7 Å². The lowest BCUT2D eigenvalue weighted by molar-refractivity contribution is -0.123. The van der Waals surface area contributed by atoms with E-state index in [2.05, 4.69) is 5.32 Å². The van der Waals surface area contributed by atoms with Crippen molar-refractivity contribution in [3.8, 4) is 0 Å². The summed E-state index contributed by atoms with van der Waals surface area (Å²) in [6.45, 7) is 6.54. The summed E-state index contributed by atoms with van der Waals surface area (Å²) in [4.78, 5) is 11.7. The summed E-state index contributed by atoms with van der Waals surface area (Å²) >= 11 is 0. The van der Waals surface area contributed by atoms with E-state index in [-0.39, 0.29) is 11.3 Å². The number of furan rings is 1. The fourth-order valence-corrected chi connectivity index (χ4v) is 1.72. The van der Waals surface area contributed by atoms with Gasteiger partial charge in [-0.25, -0.2) is 0 Å². The average Bonchev–Trinajstić information content (AvgIpc) is 2.84. The Morgan fingerprint density at radius 2 is 2.18 bits per heavy atom. The Morgan fingerprint density at radius 3 is 2.65 bits per heavy atom. The van der Waals surface area contributed by atoms with E-state index in [1.807, 2.05) is 32.9 Å². The predicted molar refractivity (Wildman–Crippen MR) is 65.6 cm³/mol. The molecule has 2 rings (SSSR count). The maximum atomic E-state index is 11.7. The zero-order valence-electron chi connectivity index (χ0n) is 10.7. The highest BCUT2D eigenvalue weighted by Crippen LogP contribution is 2.32. The van der Waals surface area contributed by atoms with E-state index in [1.54, 1.807) is 0 Å². The standard InChI is InChI=1S/C13H20N2O2/c1-9-4-5-10(17-9)12(2,3)8-15-11(16)13(14)6-7-13/h4-5H,6-8,14H2,1-3H3,(H,15,16). The zero-order chi connectivity index (χ0) is 12.7. The summed E-state index contributed by atoms with van der Waals surface area (Å²) in [5.74, 6) is 1.72. The predicted octanol–water partition coefficient (Wildman–Crippen LogP) is 1.47. The van der Waals surface area contributed by atoms with Gasteiger partial charge in [0.05, 0.1) is 5.54 Å². The number of carbonyl (C=O) groups is 1. The Kier molecular flexibility index (Phi) is 2.78. The molecule has 3 N–H and O–H groups in total. The zero-order valence-corrected chi connectivity index (χ0v) is 10.7. The number of nitrogens with one attached hydrogen (secondary N) is 1. The molecule has 0 saturated heterocycles. The van der Waals surface area contributed by atoms with Crippen LogP contribution in [0.15, 0.2) is 16.5 Å². The van der Waals surface area contributed by atoms with Gasteiger partial charge in [-0.3, -0.25) is 4.79 Å². The molecular weight excluding hydrogens is 216 g/mol. The number of rotatable bonds is 4. The van der Waals surface area contributed by atoms with Gasteiger partial charge in [0.2, 0.25) is 5.91 Å². The summed E-state index contributed by atoms with van der Waals surface area (Å²) in [7, 11) is 0. The Hall–Kier alpha value is -1.29. The van der Waals surface area contributed by atoms with Crippen LogP contribution in [0, 0.1) is 6.92 Å². The fraction of sp³-hybridized carbons (Fsp3) is 0.615. The van der Waals surface area contributed by atoms with Gasteiger partial charge >= 0.3 is 0 Å². The molecule has 17 heavy (non-hydrogen) atoms. The van der Waals surface area contributed by atoms with Crippen molar-refractivity contribution in [2.75, 3.05) is 6.54 Å². The van der Waals surface area contributed by atoms with Crippen molar-refractivity contribution in [1.82, 2.24) is 5.32 Å². The van der Waals surface area contributed by atoms with Crippen LogP contribution in [0.2, 0.25) is 0 Å². The van der Waals surface area contributed by atoms with Crippen LogP contribution >= 0.6 is 0 Å². The third-order valence-corrected chi connectivity index (χ3v) is 3.34. The highest BCUT2D eigenvalue weighted by Gasteiger charge is 2.46. The second-order valence-corrected chi connectivity index (χ2v) is 5.63. The summed E-state index contributed by atoms with van der Waals surface area (Å²) in [6.07, 6.45) is 1.58. The van der Waals surface area contributed by atoms with Gasteiger partial charge in [0.1, 0.15) is 11.5 Å². The molecule has 0 aromatic carbocycles. The van der Waals surface area contributed by atoms with Crippen molar-refractivity contribution in [1.29, 1.82) is 0 Å². The van der Waals surface area contributed by atoms with Gasteiger partial charge in [-0.2, -0.15) is 0 Å². The lowest BCUT2D eigenvalue weighted by Gasteiger charge is -2.23. The van der Waals surface area contributed by atoms with Gasteiger partial charge in [0, 0.05) is 12.0 Å². The van der Waals surface area contributed by atoms with Crippen molar-refractivity contribution in [3.63, 3.8) is 0 Å². The first-order valence-corrected chi connectivity index (χ1v) is 5.98. The van der Waals surface area contributed by atoms with E-state index in [4.69, 9.17) is 10.2 Å². The number of nitrogens with two attached hydrogens (primary N) is 1. The van der Waals surface area contributed by atoms with Gasteiger partial charge in [0.25, 0.3) is 0 Å². The Balaban J connectivity index is 1.95. The molecule has 1 aliphatic rings. The maximum absolute atomic E-state index is 11.7. The number of amides is 1. The number of aryl methyl sites for hydroxylation is 1. The fourth-order valence-electron chi connectivity index (χ4n) is 1.72. The van der Waals surface area contributed by atoms with Crippen LogP contribution in [-0.4, -0.2) is 18.0 Å². The molecule has 1 heterocycles. The molecule has 1 amide bonds. The molecule has 0 aliphatic heterocycles. The molecule has 4 heteroatoms. The molecule has 1 aromatic rings. The highest BCUT2D eigenvalue weighted by molar-refractivity contribution is 5.89. The first kappa shape index (κ1) is 12.2. The Morgan fingerprint density at radius 1 is 1.53 bits per heavy atom. The van der Waals surface area contributed by atoms with Crippen molar-refractivity contribution >= 4 is 5.91 Å². The van der Waals surface area contributed by atoms with Crippen LogP contribution in [0.4, 0.5) is 0 Å². The van der Waals surface area contributed by atoms with E-state index in [0.29, 0.717) is 6.54 Å². The lowest BCUT2D eigenvalue weighted by atomic mass is 9.90. The number of carbonyl (C=O) groups excluding carboxylic acids is 1. The van der Waals surface area contributed by atoms with E-state index < -0.39 is 5.54 Å². The van der Waals surface area contributed by atoms with Gasteiger partial charge in [-0.05, 0) is 31.9 Å². The van der Waals surface area contributed by atoms with E-state index in [1.165, 1.54) is 0 Å². The second-order valence-electron chi connectivity index (χ2n) is 5.63. The van der Waals surface area contributed by atoms with E-state index in [0.717, 1.165) is 24.4 Å². The number of hydrogen-bond acceptors (Lipinski definition) is 3. The Labute approximate surface area is 102 Å². The van der Waals surface area contributed by atoms with Crippen LogP contribution in [-0.2, 0) is 10.2 Å². The number of hydrogen-bond donors (Lipinski definition) is 2. The molecule has 4 nitrogen and oxygen atoms in total. The molecule has 1 fully saturated rings. The molecule has 0 atom stereocenters. The minimum atomic E-state index is -0.602. The molecule has 0 bridgehead atoms. The first-order valence-electron chi connectivity index (χ1n) is 5.98. The molecule has 0 spiro atoms. The largest absolute Gasteiger partial charge is 0.466 e. The van der Waals surface area contributed by atoms with Crippen LogP contribution in [0.3, 0.4) is 0 Å².